The smallest absolute Gasteiger partial charge is 0.256 e. The lowest BCUT2D eigenvalue weighted by Gasteiger charge is -2.08. The molecule has 2 aromatic carbocycles. The summed E-state index contributed by atoms with van der Waals surface area (Å²) in [7, 11) is 0. The average molecular weight is 341 g/mol. The Kier molecular flexibility index (Phi) is 4.58. The van der Waals surface area contributed by atoms with E-state index < -0.39 is 0 Å². The summed E-state index contributed by atoms with van der Waals surface area (Å²) < 4.78 is 0.635. The predicted molar refractivity (Wildman–Crippen MR) is 79.5 cm³/mol. The van der Waals surface area contributed by atoms with Crippen LogP contribution in [-0.4, -0.2) is 11.0 Å². The lowest BCUT2D eigenvalue weighted by atomic mass is 10.2. The van der Waals surface area contributed by atoms with Gasteiger partial charge < -0.3 is 10.4 Å². The number of halogens is 2. The predicted octanol–water partition coefficient (Wildman–Crippen LogP) is 3.85. The highest BCUT2D eigenvalue weighted by Gasteiger charge is 2.10. The molecule has 0 aromatic heterocycles. The summed E-state index contributed by atoms with van der Waals surface area (Å²) in [4.78, 5) is 12.1. The highest BCUT2D eigenvalue weighted by molar-refractivity contribution is 9.10. The molecule has 2 rings (SSSR count). The van der Waals surface area contributed by atoms with Crippen molar-refractivity contribution in [1.29, 1.82) is 0 Å². The first-order valence-corrected chi connectivity index (χ1v) is 6.73. The van der Waals surface area contributed by atoms with Crippen LogP contribution in [0, 0.1) is 0 Å². The van der Waals surface area contributed by atoms with Gasteiger partial charge in [0.2, 0.25) is 0 Å². The van der Waals surface area contributed by atoms with Crippen molar-refractivity contribution in [2.45, 2.75) is 6.61 Å². The van der Waals surface area contributed by atoms with Crippen molar-refractivity contribution in [2.75, 3.05) is 5.32 Å². The highest BCUT2D eigenvalue weighted by Crippen LogP contribution is 2.22. The maximum absolute atomic E-state index is 12.1. The Bertz CT molecular complexity index is 616. The second kappa shape index (κ2) is 6.19. The summed E-state index contributed by atoms with van der Waals surface area (Å²) in [6.45, 7) is -0.0612. The van der Waals surface area contributed by atoms with Gasteiger partial charge in [0.1, 0.15) is 0 Å². The fraction of sp³-hybridized carbons (Fsp3) is 0.0714. The fourth-order valence-electron chi connectivity index (χ4n) is 1.62. The number of anilines is 1. The molecule has 0 fully saturated rings. The van der Waals surface area contributed by atoms with Crippen LogP contribution in [-0.2, 0) is 6.61 Å². The molecule has 0 aliphatic heterocycles. The van der Waals surface area contributed by atoms with Crippen molar-refractivity contribution in [2.24, 2.45) is 0 Å². The van der Waals surface area contributed by atoms with Crippen LogP contribution in [0.5, 0.6) is 0 Å². The Morgan fingerprint density at radius 1 is 1.26 bits per heavy atom. The van der Waals surface area contributed by atoms with Gasteiger partial charge in [-0.3, -0.25) is 4.79 Å². The number of aliphatic hydroxyl groups is 1. The van der Waals surface area contributed by atoms with E-state index in [9.17, 15) is 4.79 Å². The zero-order valence-corrected chi connectivity index (χ0v) is 12.2. The molecule has 98 valence electrons. The number of carbonyl (C=O) groups is 1. The summed E-state index contributed by atoms with van der Waals surface area (Å²) in [6.07, 6.45) is 0. The SMILES string of the molecule is O=C(Nc1cccc(CO)c1)c1ccc(Cl)cc1Br. The number of carbonyl (C=O) groups excluding carboxylic acids is 1. The minimum absolute atomic E-state index is 0.0612. The highest BCUT2D eigenvalue weighted by atomic mass is 79.9. The van der Waals surface area contributed by atoms with Crippen molar-refractivity contribution in [1.82, 2.24) is 0 Å². The van der Waals surface area contributed by atoms with Crippen LogP contribution in [0.25, 0.3) is 0 Å². The Hall–Kier alpha value is -1.36. The van der Waals surface area contributed by atoms with E-state index in [4.69, 9.17) is 16.7 Å². The zero-order chi connectivity index (χ0) is 13.8. The second-order valence-corrected chi connectivity index (χ2v) is 5.23. The molecule has 3 nitrogen and oxygen atoms in total. The van der Waals surface area contributed by atoms with E-state index in [1.807, 2.05) is 0 Å². The van der Waals surface area contributed by atoms with Gasteiger partial charge in [-0.25, -0.2) is 0 Å². The molecule has 2 N–H and O–H groups in total. The molecular weight excluding hydrogens is 330 g/mol. The molecular formula is C14H11BrClNO2. The number of rotatable bonds is 3. The van der Waals surface area contributed by atoms with E-state index in [0.29, 0.717) is 20.7 Å². The molecule has 0 radical (unpaired) electrons. The van der Waals surface area contributed by atoms with E-state index >= 15 is 0 Å². The van der Waals surface area contributed by atoms with Crippen LogP contribution < -0.4 is 5.32 Å². The summed E-state index contributed by atoms with van der Waals surface area (Å²) >= 11 is 9.14. The van der Waals surface area contributed by atoms with Crippen LogP contribution in [0.3, 0.4) is 0 Å². The molecule has 0 heterocycles. The maximum atomic E-state index is 12.1. The van der Waals surface area contributed by atoms with Crippen molar-refractivity contribution < 1.29 is 9.90 Å². The lowest BCUT2D eigenvalue weighted by molar-refractivity contribution is 0.102. The van der Waals surface area contributed by atoms with Gasteiger partial charge in [0.25, 0.3) is 5.91 Å². The quantitative estimate of drug-likeness (QED) is 0.891. The molecule has 0 spiro atoms. The van der Waals surface area contributed by atoms with Gasteiger partial charge in [0.05, 0.1) is 12.2 Å². The lowest BCUT2D eigenvalue weighted by Crippen LogP contribution is -2.12. The van der Waals surface area contributed by atoms with Gasteiger partial charge in [-0.1, -0.05) is 23.7 Å². The van der Waals surface area contributed by atoms with Gasteiger partial charge >= 0.3 is 0 Å². The third kappa shape index (κ3) is 3.56. The van der Waals surface area contributed by atoms with Crippen molar-refractivity contribution in [3.63, 3.8) is 0 Å². The van der Waals surface area contributed by atoms with Crippen LogP contribution in [0.2, 0.25) is 5.02 Å². The Labute approximate surface area is 124 Å². The van der Waals surface area contributed by atoms with E-state index in [2.05, 4.69) is 21.2 Å². The molecule has 0 saturated heterocycles. The minimum Gasteiger partial charge on any atom is -0.392 e. The first kappa shape index (κ1) is 14.1. The molecule has 2 aromatic rings. The fourth-order valence-corrected chi connectivity index (χ4v) is 2.48. The topological polar surface area (TPSA) is 49.3 Å². The molecule has 1 amide bonds. The zero-order valence-electron chi connectivity index (χ0n) is 9.86. The third-order valence-electron chi connectivity index (χ3n) is 2.54. The van der Waals surface area contributed by atoms with Gasteiger partial charge in [0.15, 0.2) is 0 Å². The van der Waals surface area contributed by atoms with E-state index in [1.54, 1.807) is 42.5 Å². The maximum Gasteiger partial charge on any atom is 0.256 e. The molecule has 0 aliphatic carbocycles. The molecule has 0 saturated carbocycles. The number of benzene rings is 2. The van der Waals surface area contributed by atoms with Crippen LogP contribution in [0.1, 0.15) is 15.9 Å². The molecule has 5 heteroatoms. The summed E-state index contributed by atoms with van der Waals surface area (Å²) in [5.41, 5.74) is 1.88. The Morgan fingerprint density at radius 2 is 2.05 bits per heavy atom. The normalized spacial score (nSPS) is 10.3. The van der Waals surface area contributed by atoms with Crippen molar-refractivity contribution >= 4 is 39.1 Å². The summed E-state index contributed by atoms with van der Waals surface area (Å²) in [6, 6.07) is 12.0. The van der Waals surface area contributed by atoms with E-state index in [-0.39, 0.29) is 12.5 Å². The number of aliphatic hydroxyl groups excluding tert-OH is 1. The van der Waals surface area contributed by atoms with Gasteiger partial charge in [-0.05, 0) is 51.8 Å². The van der Waals surface area contributed by atoms with Crippen molar-refractivity contribution in [3.05, 3.63) is 63.1 Å². The Balaban J connectivity index is 2.20. The van der Waals surface area contributed by atoms with Gasteiger partial charge in [-0.15, -0.1) is 0 Å². The number of hydrogen-bond donors (Lipinski definition) is 2. The molecule has 0 unspecified atom stereocenters. The third-order valence-corrected chi connectivity index (χ3v) is 3.43. The first-order chi connectivity index (χ1) is 9.10. The van der Waals surface area contributed by atoms with Crippen molar-refractivity contribution in [3.8, 4) is 0 Å². The summed E-state index contributed by atoms with van der Waals surface area (Å²) in [5, 5.41) is 12.4. The number of hydrogen-bond acceptors (Lipinski definition) is 2. The van der Waals surface area contributed by atoms with Crippen LogP contribution in [0.15, 0.2) is 46.9 Å². The standard InChI is InChI=1S/C14H11BrClNO2/c15-13-7-10(16)4-5-12(13)14(19)17-11-3-1-2-9(6-11)8-18/h1-7,18H,8H2,(H,17,19). The van der Waals surface area contributed by atoms with Gasteiger partial charge in [-0.2, -0.15) is 0 Å². The molecule has 0 bridgehead atoms. The molecule has 0 atom stereocenters. The average Bonchev–Trinajstić information content (AvgIpc) is 2.38. The van der Waals surface area contributed by atoms with Gasteiger partial charge in [0, 0.05) is 15.2 Å². The number of nitrogens with one attached hydrogen (secondary N) is 1. The first-order valence-electron chi connectivity index (χ1n) is 5.56. The minimum atomic E-state index is -0.237. The van der Waals surface area contributed by atoms with Crippen LogP contribution >= 0.6 is 27.5 Å². The van der Waals surface area contributed by atoms with E-state index in [0.717, 1.165) is 5.56 Å². The largest absolute Gasteiger partial charge is 0.392 e. The molecule has 19 heavy (non-hydrogen) atoms. The summed E-state index contributed by atoms with van der Waals surface area (Å²) in [5.74, 6) is -0.237. The Morgan fingerprint density at radius 3 is 2.74 bits per heavy atom. The van der Waals surface area contributed by atoms with E-state index in [1.165, 1.54) is 0 Å². The van der Waals surface area contributed by atoms with Crippen LogP contribution in [0.4, 0.5) is 5.69 Å². The monoisotopic (exact) mass is 339 g/mol. The molecule has 0 aliphatic rings. The number of amides is 1. The second-order valence-electron chi connectivity index (χ2n) is 3.94.